The third-order valence-electron chi connectivity index (χ3n) is 7.08. The second-order valence-corrected chi connectivity index (χ2v) is 11.6. The summed E-state index contributed by atoms with van der Waals surface area (Å²) in [6.45, 7) is 0.396. The highest BCUT2D eigenvalue weighted by Crippen LogP contribution is 2.34. The van der Waals surface area contributed by atoms with Crippen LogP contribution in [-0.2, 0) is 39.8 Å². The van der Waals surface area contributed by atoms with Gasteiger partial charge in [0, 0.05) is 24.6 Å². The first-order valence-corrected chi connectivity index (χ1v) is 15.2. The minimum Gasteiger partial charge on any atom is -0.465 e. The lowest BCUT2D eigenvalue weighted by Crippen LogP contribution is -2.68. The molecule has 5 N–H and O–H groups in total. The lowest BCUT2D eigenvalue weighted by atomic mass is 9.88. The number of halogens is 1. The Morgan fingerprint density at radius 1 is 1.13 bits per heavy atom. The van der Waals surface area contributed by atoms with Crippen LogP contribution in [0.5, 0.6) is 0 Å². The summed E-state index contributed by atoms with van der Waals surface area (Å²) in [6.07, 6.45) is 1.25. The number of ether oxygens (including phenoxy) is 4. The summed E-state index contributed by atoms with van der Waals surface area (Å²) in [5.74, 6) is -1.61. The molecule has 1 heterocycles. The average Bonchev–Trinajstić information content (AvgIpc) is 3.00. The molecule has 1 fully saturated rings. The number of amides is 2. The van der Waals surface area contributed by atoms with E-state index >= 15 is 0 Å². The number of nitrogens with zero attached hydrogens (tertiary/aromatic N) is 1. The van der Waals surface area contributed by atoms with Crippen molar-refractivity contribution in [3.63, 3.8) is 0 Å². The van der Waals surface area contributed by atoms with Crippen LogP contribution in [0.25, 0.3) is 0 Å². The number of unbranched alkanes of at least 4 members (excludes halogenated alkanes) is 3. The van der Waals surface area contributed by atoms with E-state index in [1.54, 1.807) is 43.3 Å². The fourth-order valence-electron chi connectivity index (χ4n) is 4.82. The monoisotopic (exact) mass is 655 g/mol. The van der Waals surface area contributed by atoms with Crippen molar-refractivity contribution in [1.82, 2.24) is 15.5 Å². The number of esters is 1. The number of nitrogens with one attached hydrogen (secondary N) is 2. The van der Waals surface area contributed by atoms with E-state index in [0.717, 1.165) is 26.4 Å². The van der Waals surface area contributed by atoms with Crippen molar-refractivity contribution in [2.75, 3.05) is 54.1 Å². The highest BCUT2D eigenvalue weighted by molar-refractivity contribution is 6.30. The number of aliphatic hydroxyl groups is 3. The minimum atomic E-state index is -2.13. The second-order valence-electron chi connectivity index (χ2n) is 11.1. The van der Waals surface area contributed by atoms with Gasteiger partial charge in [-0.05, 0) is 44.6 Å². The summed E-state index contributed by atoms with van der Waals surface area (Å²) in [4.78, 5) is 39.7. The van der Waals surface area contributed by atoms with Crippen molar-refractivity contribution in [3.8, 4) is 12.3 Å². The molecular weight excluding hydrogens is 610 g/mol. The van der Waals surface area contributed by atoms with Gasteiger partial charge in [0.1, 0.15) is 18.8 Å². The van der Waals surface area contributed by atoms with Crippen LogP contribution in [0.1, 0.15) is 37.7 Å². The van der Waals surface area contributed by atoms with Gasteiger partial charge >= 0.3 is 5.97 Å². The zero-order valence-corrected chi connectivity index (χ0v) is 26.8. The Kier molecular flexibility index (Phi) is 16.8. The number of benzene rings is 1. The Labute approximate surface area is 269 Å². The predicted octanol–water partition coefficient (Wildman–Crippen LogP) is 0.0128. The largest absolute Gasteiger partial charge is 0.465 e. The number of aliphatic hydroxyl groups excluding tert-OH is 3. The number of methoxy groups -OCH3 is 1. The molecule has 0 unspecified atom stereocenters. The van der Waals surface area contributed by atoms with Gasteiger partial charge in [0.25, 0.3) is 5.79 Å². The van der Waals surface area contributed by atoms with Gasteiger partial charge in [0.2, 0.25) is 11.8 Å². The lowest BCUT2D eigenvalue weighted by Gasteiger charge is -2.47. The van der Waals surface area contributed by atoms with Gasteiger partial charge in [-0.1, -0.05) is 42.5 Å². The number of likely N-dealkylation sites (N-methyl/N-ethyl adjacent to an activating group) is 1. The maximum Gasteiger partial charge on any atom is 0.366 e. The maximum atomic E-state index is 13.0. The number of carbonyl (C=O) groups excluding carboxylic acids is 3. The Morgan fingerprint density at radius 3 is 2.42 bits per heavy atom. The molecule has 45 heavy (non-hydrogen) atoms. The molecule has 0 aliphatic carbocycles. The van der Waals surface area contributed by atoms with Gasteiger partial charge < -0.3 is 49.8 Å². The Balaban J connectivity index is 2.14. The molecule has 1 saturated heterocycles. The molecule has 13 nitrogen and oxygen atoms in total. The van der Waals surface area contributed by atoms with E-state index in [1.165, 1.54) is 0 Å². The van der Waals surface area contributed by atoms with Crippen molar-refractivity contribution >= 4 is 29.4 Å². The van der Waals surface area contributed by atoms with E-state index in [-0.39, 0.29) is 32.7 Å². The molecule has 1 aliphatic heterocycles. The van der Waals surface area contributed by atoms with Crippen LogP contribution in [0.2, 0.25) is 5.02 Å². The van der Waals surface area contributed by atoms with Crippen LogP contribution in [0.4, 0.5) is 0 Å². The zero-order chi connectivity index (χ0) is 33.4. The van der Waals surface area contributed by atoms with Gasteiger partial charge in [0.05, 0.1) is 44.9 Å². The molecular formula is C31H46ClN3O10. The lowest BCUT2D eigenvalue weighted by molar-refractivity contribution is -0.311. The van der Waals surface area contributed by atoms with Crippen molar-refractivity contribution in [3.05, 3.63) is 34.9 Å². The summed E-state index contributed by atoms with van der Waals surface area (Å²) in [5, 5.41) is 39.0. The number of carbonyl (C=O) groups is 3. The Morgan fingerprint density at radius 2 is 1.80 bits per heavy atom. The van der Waals surface area contributed by atoms with Gasteiger partial charge in [-0.3, -0.25) is 9.59 Å². The van der Waals surface area contributed by atoms with Crippen LogP contribution < -0.4 is 10.6 Å². The highest BCUT2D eigenvalue weighted by Gasteiger charge is 2.56. The first-order valence-electron chi connectivity index (χ1n) is 14.8. The number of terminal acetylenes is 1. The van der Waals surface area contributed by atoms with E-state index in [9.17, 15) is 29.7 Å². The molecule has 1 aromatic rings. The van der Waals surface area contributed by atoms with Gasteiger partial charge in [0.15, 0.2) is 0 Å². The van der Waals surface area contributed by atoms with E-state index in [2.05, 4.69) is 16.6 Å². The molecule has 0 radical (unpaired) electrons. The standard InChI is InChI=1S/C31H46ClN3O10/c1-5-14-43-15-8-6-7-9-16-44-31(30(41)42-4)18-23(36)27(34-26(39)20-35(2)3)29(45-31)28(40)24(37)19-33-25(38)17-21-10-12-22(32)13-11-21/h1,10-13,23-24,27-29,36-37,40H,6-9,14-20H2,2-4H3,(H,33,38)(H,34,39)/t23-,24+,27+,28+,29+,31+/m0/s1. The fourth-order valence-corrected chi connectivity index (χ4v) is 4.94. The molecule has 2 amide bonds. The molecule has 14 heteroatoms. The van der Waals surface area contributed by atoms with Crippen molar-refractivity contribution in [2.24, 2.45) is 0 Å². The van der Waals surface area contributed by atoms with Gasteiger partial charge in [-0.25, -0.2) is 4.79 Å². The SMILES string of the molecule is C#CCOCCCCCCO[C@]1(C(=O)OC)C[C@H](O)[C@@H](NC(=O)CN(C)C)[C@H]([C@H](O)[C@H](O)CNC(=O)Cc2ccc(Cl)cc2)O1. The molecule has 1 aromatic carbocycles. The van der Waals surface area contributed by atoms with E-state index < -0.39 is 60.4 Å². The summed E-state index contributed by atoms with van der Waals surface area (Å²) in [7, 11) is 4.48. The van der Waals surface area contributed by atoms with Crippen LogP contribution >= 0.6 is 11.6 Å². The maximum absolute atomic E-state index is 13.0. The van der Waals surface area contributed by atoms with Gasteiger partial charge in [-0.15, -0.1) is 6.42 Å². The van der Waals surface area contributed by atoms with Crippen LogP contribution in [0, 0.1) is 12.3 Å². The van der Waals surface area contributed by atoms with E-state index in [4.69, 9.17) is 37.0 Å². The third-order valence-corrected chi connectivity index (χ3v) is 7.33. The summed E-state index contributed by atoms with van der Waals surface area (Å²) in [6, 6.07) is 5.43. The average molecular weight is 656 g/mol. The summed E-state index contributed by atoms with van der Waals surface area (Å²) >= 11 is 5.89. The normalized spacial score (nSPS) is 22.7. The first kappa shape index (κ1) is 38.4. The Hall–Kier alpha value is -2.80. The molecule has 1 aliphatic rings. The van der Waals surface area contributed by atoms with E-state index in [0.29, 0.717) is 23.6 Å². The molecule has 2 rings (SSSR count). The zero-order valence-electron chi connectivity index (χ0n) is 26.1. The van der Waals surface area contributed by atoms with Crippen molar-refractivity contribution in [1.29, 1.82) is 0 Å². The molecule has 0 spiro atoms. The van der Waals surface area contributed by atoms with Gasteiger partial charge in [-0.2, -0.15) is 0 Å². The first-order chi connectivity index (χ1) is 21.4. The smallest absolute Gasteiger partial charge is 0.366 e. The fraction of sp³-hybridized carbons (Fsp3) is 0.645. The quantitative estimate of drug-likeness (QED) is 0.0771. The molecule has 0 saturated carbocycles. The molecule has 252 valence electrons. The van der Waals surface area contributed by atoms with Crippen molar-refractivity contribution in [2.45, 2.75) is 74.8 Å². The minimum absolute atomic E-state index is 0.000924. The van der Waals surface area contributed by atoms with Crippen LogP contribution in [-0.4, -0.2) is 128 Å². The second kappa shape index (κ2) is 19.7. The third kappa shape index (κ3) is 12.8. The predicted molar refractivity (Wildman–Crippen MR) is 165 cm³/mol. The number of hydrogen-bond acceptors (Lipinski definition) is 11. The van der Waals surface area contributed by atoms with Crippen LogP contribution in [0.3, 0.4) is 0 Å². The highest BCUT2D eigenvalue weighted by atomic mass is 35.5. The van der Waals surface area contributed by atoms with Crippen molar-refractivity contribution < 1.29 is 48.7 Å². The summed E-state index contributed by atoms with van der Waals surface area (Å²) in [5.41, 5.74) is 0.687. The topological polar surface area (TPSA) is 176 Å². The molecule has 6 atom stereocenters. The number of hydrogen-bond donors (Lipinski definition) is 5. The Bertz CT molecular complexity index is 1120. The van der Waals surface area contributed by atoms with Crippen LogP contribution in [0.15, 0.2) is 24.3 Å². The molecule has 0 aromatic heterocycles. The summed E-state index contributed by atoms with van der Waals surface area (Å²) < 4.78 is 22.1. The van der Waals surface area contributed by atoms with E-state index in [1.807, 2.05) is 0 Å². The molecule has 0 bridgehead atoms. The number of rotatable bonds is 19.